The Balaban J connectivity index is 1.76. The average Bonchev–Trinajstić information content (AvgIpc) is 3.16. The highest BCUT2D eigenvalue weighted by Gasteiger charge is 2.54. The summed E-state index contributed by atoms with van der Waals surface area (Å²) < 4.78 is 0. The number of aromatic hydroxyl groups is 1. The summed E-state index contributed by atoms with van der Waals surface area (Å²) in [6.07, 6.45) is 1.41. The van der Waals surface area contributed by atoms with Gasteiger partial charge in [-0.05, 0) is 29.8 Å². The number of phenols is 1. The average molecular weight is 390 g/mol. The molecule has 8 heteroatoms. The molecule has 0 spiro atoms. The monoisotopic (exact) mass is 390 g/mol. The van der Waals surface area contributed by atoms with Gasteiger partial charge in [0.25, 0.3) is 5.91 Å². The number of urea groups is 1. The number of amides is 3. The minimum absolute atomic E-state index is 0.0693. The highest BCUT2D eigenvalue weighted by Crippen LogP contribution is 2.33. The molecule has 0 aliphatic carbocycles. The van der Waals surface area contributed by atoms with Gasteiger partial charge in [-0.3, -0.25) is 19.4 Å². The Morgan fingerprint density at radius 2 is 1.76 bits per heavy atom. The summed E-state index contributed by atoms with van der Waals surface area (Å²) in [5.74, 6) is -0.668. The predicted molar refractivity (Wildman–Crippen MR) is 106 cm³/mol. The number of likely N-dealkylation sites (N-methyl/N-ethyl adjacent to an activating group) is 1. The lowest BCUT2D eigenvalue weighted by Gasteiger charge is -2.43. The van der Waals surface area contributed by atoms with Crippen molar-refractivity contribution in [2.24, 2.45) is 9.98 Å². The van der Waals surface area contributed by atoms with E-state index < -0.39 is 17.6 Å². The molecule has 0 saturated carbocycles. The molecule has 2 aliphatic rings. The molecule has 2 aliphatic heterocycles. The van der Waals surface area contributed by atoms with E-state index >= 15 is 0 Å². The quantitative estimate of drug-likeness (QED) is 0.805. The number of ketones is 1. The zero-order chi connectivity index (χ0) is 20.8. The van der Waals surface area contributed by atoms with Gasteiger partial charge in [0.15, 0.2) is 17.2 Å². The molecule has 2 heterocycles. The summed E-state index contributed by atoms with van der Waals surface area (Å²) in [6, 6.07) is 12.5. The minimum atomic E-state index is -1.29. The summed E-state index contributed by atoms with van der Waals surface area (Å²) in [7, 11) is 2.96. The molecule has 29 heavy (non-hydrogen) atoms. The van der Waals surface area contributed by atoms with E-state index in [1.165, 1.54) is 30.4 Å². The Kier molecular flexibility index (Phi) is 4.26. The minimum Gasteiger partial charge on any atom is -0.508 e. The Morgan fingerprint density at radius 1 is 1.07 bits per heavy atom. The number of fused-ring (bicyclic) bond motifs is 1. The molecule has 146 valence electrons. The van der Waals surface area contributed by atoms with Crippen LogP contribution in [0.1, 0.15) is 21.5 Å². The Bertz CT molecular complexity index is 1090. The van der Waals surface area contributed by atoms with E-state index in [2.05, 4.69) is 9.98 Å². The van der Waals surface area contributed by atoms with Crippen LogP contribution < -0.4 is 0 Å². The van der Waals surface area contributed by atoms with Gasteiger partial charge in [0.05, 0.1) is 0 Å². The molecular weight excluding hydrogens is 372 g/mol. The van der Waals surface area contributed by atoms with Crippen LogP contribution in [0.25, 0.3) is 0 Å². The van der Waals surface area contributed by atoms with Crippen LogP contribution in [-0.4, -0.2) is 64.4 Å². The lowest BCUT2D eigenvalue weighted by atomic mass is 9.87. The van der Waals surface area contributed by atoms with Crippen LogP contribution >= 0.6 is 0 Å². The van der Waals surface area contributed by atoms with Gasteiger partial charge in [-0.1, -0.05) is 24.3 Å². The molecule has 0 aromatic heterocycles. The number of nitrogens with zero attached hydrogens (tertiary/aromatic N) is 4. The van der Waals surface area contributed by atoms with Crippen molar-refractivity contribution in [1.82, 2.24) is 9.80 Å². The molecule has 1 unspecified atom stereocenters. The van der Waals surface area contributed by atoms with Crippen molar-refractivity contribution in [3.63, 3.8) is 0 Å². The van der Waals surface area contributed by atoms with Crippen molar-refractivity contribution < 1.29 is 19.5 Å². The first-order chi connectivity index (χ1) is 13.8. The van der Waals surface area contributed by atoms with Crippen molar-refractivity contribution in [1.29, 1.82) is 0 Å². The number of rotatable bonds is 4. The van der Waals surface area contributed by atoms with Crippen LogP contribution in [0.3, 0.4) is 0 Å². The first-order valence-corrected chi connectivity index (χ1v) is 8.94. The zero-order valence-electron chi connectivity index (χ0n) is 15.9. The van der Waals surface area contributed by atoms with E-state index in [0.29, 0.717) is 16.7 Å². The van der Waals surface area contributed by atoms with E-state index in [0.717, 1.165) is 4.90 Å². The summed E-state index contributed by atoms with van der Waals surface area (Å²) in [5.41, 5.74) is 0.344. The molecule has 0 radical (unpaired) electrons. The molecule has 1 atom stereocenters. The van der Waals surface area contributed by atoms with E-state index in [1.54, 1.807) is 43.4 Å². The SMILES string of the molecule is CN1C(=O)C2=NC=NC2(Cc2ccccc2C(=O)c2ccc(O)cc2)N(C)C1=O. The van der Waals surface area contributed by atoms with Crippen molar-refractivity contribution in [2.45, 2.75) is 12.1 Å². The third kappa shape index (κ3) is 2.80. The van der Waals surface area contributed by atoms with Gasteiger partial charge < -0.3 is 5.11 Å². The molecule has 1 N–H and O–H groups in total. The van der Waals surface area contributed by atoms with Crippen molar-refractivity contribution >= 4 is 29.8 Å². The highest BCUT2D eigenvalue weighted by atomic mass is 16.3. The van der Waals surface area contributed by atoms with Gasteiger partial charge in [0, 0.05) is 31.6 Å². The molecule has 3 amide bonds. The number of phenolic OH excluding ortho intramolecular Hbond substituents is 1. The standard InChI is InChI=1S/C21H18N4O4/c1-24-19(28)18-21(23-12-22-18,25(2)20(24)29)11-14-5-3-4-6-16(14)17(27)13-7-9-15(26)10-8-13/h3-10,12,26H,11H2,1-2H3. The number of hydrogen-bond acceptors (Lipinski definition) is 6. The van der Waals surface area contributed by atoms with E-state index in [9.17, 15) is 19.5 Å². The lowest BCUT2D eigenvalue weighted by Crippen LogP contribution is -2.66. The molecule has 4 rings (SSSR count). The van der Waals surface area contributed by atoms with Crippen LogP contribution in [0.2, 0.25) is 0 Å². The number of carbonyl (C=O) groups excluding carboxylic acids is 3. The maximum absolute atomic E-state index is 13.1. The number of carbonyl (C=O) groups is 3. The second-order valence-corrected chi connectivity index (χ2v) is 6.95. The molecule has 8 nitrogen and oxygen atoms in total. The molecule has 1 saturated heterocycles. The summed E-state index contributed by atoms with van der Waals surface area (Å²) in [5, 5.41) is 9.47. The van der Waals surface area contributed by atoms with Crippen LogP contribution in [0.4, 0.5) is 4.79 Å². The third-order valence-corrected chi connectivity index (χ3v) is 5.30. The van der Waals surface area contributed by atoms with Gasteiger partial charge >= 0.3 is 6.03 Å². The van der Waals surface area contributed by atoms with E-state index in [-0.39, 0.29) is 23.7 Å². The third-order valence-electron chi connectivity index (χ3n) is 5.30. The van der Waals surface area contributed by atoms with Gasteiger partial charge in [-0.25, -0.2) is 14.8 Å². The molecule has 2 aromatic carbocycles. The number of aliphatic imine (C=N–C) groups is 2. The largest absolute Gasteiger partial charge is 0.508 e. The first-order valence-electron chi connectivity index (χ1n) is 8.94. The molecule has 2 aromatic rings. The second kappa shape index (κ2) is 6.66. The van der Waals surface area contributed by atoms with Crippen LogP contribution in [0, 0.1) is 0 Å². The maximum Gasteiger partial charge on any atom is 0.328 e. The van der Waals surface area contributed by atoms with Crippen LogP contribution in [-0.2, 0) is 11.2 Å². The fourth-order valence-electron chi connectivity index (χ4n) is 3.63. The molecule has 0 bridgehead atoms. The predicted octanol–water partition coefficient (Wildman–Crippen LogP) is 1.87. The van der Waals surface area contributed by atoms with E-state index in [4.69, 9.17) is 0 Å². The molecular formula is C21H18N4O4. The van der Waals surface area contributed by atoms with Crippen LogP contribution in [0.5, 0.6) is 5.75 Å². The Hall–Kier alpha value is -3.81. The van der Waals surface area contributed by atoms with Gasteiger partial charge in [0.2, 0.25) is 0 Å². The highest BCUT2D eigenvalue weighted by molar-refractivity contribution is 6.48. The van der Waals surface area contributed by atoms with Gasteiger partial charge in [-0.2, -0.15) is 0 Å². The normalized spacial score (nSPS) is 20.7. The summed E-state index contributed by atoms with van der Waals surface area (Å²) >= 11 is 0. The summed E-state index contributed by atoms with van der Waals surface area (Å²) in [4.78, 5) is 49.1. The summed E-state index contributed by atoms with van der Waals surface area (Å²) in [6.45, 7) is 0. The fraction of sp³-hybridized carbons (Fsp3) is 0.190. The van der Waals surface area contributed by atoms with Crippen molar-refractivity contribution in [3.05, 3.63) is 65.2 Å². The smallest absolute Gasteiger partial charge is 0.328 e. The lowest BCUT2D eigenvalue weighted by molar-refractivity contribution is -0.122. The number of hydrogen-bond donors (Lipinski definition) is 1. The van der Waals surface area contributed by atoms with Gasteiger partial charge in [-0.15, -0.1) is 0 Å². The van der Waals surface area contributed by atoms with Crippen molar-refractivity contribution in [3.8, 4) is 5.75 Å². The first kappa shape index (κ1) is 18.5. The Morgan fingerprint density at radius 3 is 2.48 bits per heavy atom. The topological polar surface area (TPSA) is 103 Å². The molecule has 1 fully saturated rings. The van der Waals surface area contributed by atoms with E-state index in [1.807, 2.05) is 0 Å². The maximum atomic E-state index is 13.1. The number of benzene rings is 2. The van der Waals surface area contributed by atoms with Gasteiger partial charge in [0.1, 0.15) is 12.1 Å². The Labute approximate surface area is 166 Å². The fourth-order valence-corrected chi connectivity index (χ4v) is 3.63. The second-order valence-electron chi connectivity index (χ2n) is 6.95. The number of imide groups is 1. The van der Waals surface area contributed by atoms with Crippen LogP contribution in [0.15, 0.2) is 58.5 Å². The zero-order valence-corrected chi connectivity index (χ0v) is 15.9. The van der Waals surface area contributed by atoms with Crippen molar-refractivity contribution in [2.75, 3.05) is 14.1 Å².